The van der Waals surface area contributed by atoms with Gasteiger partial charge in [0.25, 0.3) is 0 Å². The molecule has 0 saturated carbocycles. The van der Waals surface area contributed by atoms with Crippen LogP contribution in [0, 0.1) is 17.2 Å². The third kappa shape index (κ3) is 3.29. The van der Waals surface area contributed by atoms with Gasteiger partial charge in [0, 0.05) is 23.3 Å². The van der Waals surface area contributed by atoms with E-state index in [-0.39, 0.29) is 6.10 Å². The highest BCUT2D eigenvalue weighted by Crippen LogP contribution is 2.23. The Labute approximate surface area is 106 Å². The fourth-order valence-electron chi connectivity index (χ4n) is 2.37. The molecular weight excluding hydrogens is 232 g/mol. The Morgan fingerprint density at radius 1 is 1.71 bits per heavy atom. The van der Waals surface area contributed by atoms with Crippen LogP contribution in [0.4, 0.5) is 0 Å². The summed E-state index contributed by atoms with van der Waals surface area (Å²) in [6.45, 7) is 4.86. The van der Waals surface area contributed by atoms with Gasteiger partial charge in [-0.1, -0.05) is 0 Å². The van der Waals surface area contributed by atoms with E-state index in [2.05, 4.69) is 11.0 Å². The molecule has 1 saturated heterocycles. The zero-order chi connectivity index (χ0) is 12.3. The van der Waals surface area contributed by atoms with Crippen LogP contribution in [0.25, 0.3) is 0 Å². The van der Waals surface area contributed by atoms with Crippen LogP contribution in [-0.4, -0.2) is 29.2 Å². The first-order chi connectivity index (χ1) is 8.19. The quantitative estimate of drug-likeness (QED) is 0.894. The summed E-state index contributed by atoms with van der Waals surface area (Å²) in [6, 6.07) is 4.13. The molecular formula is C13H18N2OS. The van der Waals surface area contributed by atoms with Crippen molar-refractivity contribution in [1.29, 1.82) is 5.26 Å². The van der Waals surface area contributed by atoms with Crippen molar-refractivity contribution in [2.45, 2.75) is 32.4 Å². The lowest BCUT2D eigenvalue weighted by Gasteiger charge is -2.33. The zero-order valence-corrected chi connectivity index (χ0v) is 10.9. The van der Waals surface area contributed by atoms with Crippen molar-refractivity contribution >= 4 is 11.3 Å². The van der Waals surface area contributed by atoms with E-state index in [0.29, 0.717) is 5.92 Å². The van der Waals surface area contributed by atoms with Crippen LogP contribution in [0.2, 0.25) is 0 Å². The number of likely N-dealkylation sites (tertiary alicyclic amines) is 1. The molecule has 1 aromatic rings. The molecule has 1 aliphatic rings. The van der Waals surface area contributed by atoms with E-state index < -0.39 is 0 Å². The lowest BCUT2D eigenvalue weighted by atomic mass is 9.93. The maximum Gasteiger partial charge on any atom is 0.100 e. The second-order valence-electron chi connectivity index (χ2n) is 4.79. The highest BCUT2D eigenvalue weighted by Gasteiger charge is 2.23. The van der Waals surface area contributed by atoms with E-state index in [1.54, 1.807) is 11.3 Å². The number of hydrogen-bond donors (Lipinski definition) is 1. The second-order valence-corrected chi connectivity index (χ2v) is 5.79. The van der Waals surface area contributed by atoms with Crippen molar-refractivity contribution < 1.29 is 5.11 Å². The minimum absolute atomic E-state index is 0.212. The monoisotopic (exact) mass is 250 g/mol. The Morgan fingerprint density at radius 2 is 2.53 bits per heavy atom. The molecule has 17 heavy (non-hydrogen) atoms. The van der Waals surface area contributed by atoms with E-state index in [1.807, 2.05) is 18.4 Å². The first kappa shape index (κ1) is 12.6. The summed E-state index contributed by atoms with van der Waals surface area (Å²) in [6.07, 6.45) is 2.07. The van der Waals surface area contributed by atoms with Crippen molar-refractivity contribution in [3.05, 3.63) is 21.9 Å². The van der Waals surface area contributed by atoms with Crippen molar-refractivity contribution in [2.75, 3.05) is 13.1 Å². The molecule has 2 atom stereocenters. The van der Waals surface area contributed by atoms with Crippen molar-refractivity contribution in [2.24, 2.45) is 5.92 Å². The van der Waals surface area contributed by atoms with Crippen LogP contribution in [0.15, 0.2) is 11.4 Å². The van der Waals surface area contributed by atoms with Gasteiger partial charge in [0.15, 0.2) is 0 Å². The average molecular weight is 250 g/mol. The Balaban J connectivity index is 1.92. The summed E-state index contributed by atoms with van der Waals surface area (Å²) in [5.74, 6) is 0.402. The van der Waals surface area contributed by atoms with Crippen LogP contribution in [0.3, 0.4) is 0 Å². The van der Waals surface area contributed by atoms with Gasteiger partial charge >= 0.3 is 0 Å². The fraction of sp³-hybridized carbons (Fsp3) is 0.615. The molecule has 0 spiro atoms. The van der Waals surface area contributed by atoms with Gasteiger partial charge in [0.2, 0.25) is 0 Å². The van der Waals surface area contributed by atoms with Crippen LogP contribution in [-0.2, 0) is 6.54 Å². The van der Waals surface area contributed by atoms with Gasteiger partial charge in [0.05, 0.1) is 11.7 Å². The number of aliphatic hydroxyl groups is 1. The smallest absolute Gasteiger partial charge is 0.100 e. The maximum absolute atomic E-state index is 9.64. The van der Waals surface area contributed by atoms with Crippen LogP contribution in [0.1, 0.15) is 30.2 Å². The molecule has 1 fully saturated rings. The minimum atomic E-state index is -0.212. The van der Waals surface area contributed by atoms with Crippen LogP contribution < -0.4 is 0 Å². The SMILES string of the molecule is CC(O)C1CCCN(Cc2cc(C#N)cs2)C1. The summed E-state index contributed by atoms with van der Waals surface area (Å²) in [4.78, 5) is 3.63. The third-order valence-corrected chi connectivity index (χ3v) is 4.31. The molecule has 2 heterocycles. The molecule has 2 unspecified atom stereocenters. The molecule has 1 aromatic heterocycles. The Hall–Kier alpha value is -0.890. The van der Waals surface area contributed by atoms with Gasteiger partial charge in [-0.15, -0.1) is 11.3 Å². The van der Waals surface area contributed by atoms with E-state index in [1.165, 1.54) is 4.88 Å². The molecule has 1 N–H and O–H groups in total. The van der Waals surface area contributed by atoms with E-state index in [0.717, 1.165) is 38.0 Å². The number of hydrogen-bond acceptors (Lipinski definition) is 4. The van der Waals surface area contributed by atoms with Gasteiger partial charge in [-0.05, 0) is 38.3 Å². The van der Waals surface area contributed by atoms with Gasteiger partial charge in [-0.3, -0.25) is 4.90 Å². The summed E-state index contributed by atoms with van der Waals surface area (Å²) in [5, 5.41) is 20.3. The molecule has 0 bridgehead atoms. The highest BCUT2D eigenvalue weighted by molar-refractivity contribution is 7.10. The first-order valence-corrected chi connectivity index (χ1v) is 6.95. The van der Waals surface area contributed by atoms with Crippen LogP contribution in [0.5, 0.6) is 0 Å². The molecule has 2 rings (SSSR count). The predicted molar refractivity (Wildman–Crippen MR) is 68.7 cm³/mol. The second kappa shape index (κ2) is 5.63. The van der Waals surface area contributed by atoms with Gasteiger partial charge in [-0.2, -0.15) is 5.26 Å². The molecule has 92 valence electrons. The van der Waals surface area contributed by atoms with Crippen molar-refractivity contribution in [3.63, 3.8) is 0 Å². The minimum Gasteiger partial charge on any atom is -0.393 e. The Kier molecular flexibility index (Phi) is 4.16. The summed E-state index contributed by atoms with van der Waals surface area (Å²) in [5.41, 5.74) is 0.758. The van der Waals surface area contributed by atoms with Crippen LogP contribution >= 0.6 is 11.3 Å². The third-order valence-electron chi connectivity index (χ3n) is 3.39. The largest absolute Gasteiger partial charge is 0.393 e. The Morgan fingerprint density at radius 3 is 3.18 bits per heavy atom. The standard InChI is InChI=1S/C13H18N2OS/c1-10(16)12-3-2-4-15(7-12)8-13-5-11(6-14)9-17-13/h5,9-10,12,16H,2-4,7-8H2,1H3. The predicted octanol–water partition coefficient (Wildman–Crippen LogP) is 2.21. The molecule has 0 aliphatic carbocycles. The number of rotatable bonds is 3. The first-order valence-electron chi connectivity index (χ1n) is 6.07. The van der Waals surface area contributed by atoms with Gasteiger partial charge in [0.1, 0.15) is 6.07 Å². The molecule has 0 radical (unpaired) electrons. The van der Waals surface area contributed by atoms with Gasteiger partial charge < -0.3 is 5.11 Å². The van der Waals surface area contributed by atoms with Crippen molar-refractivity contribution in [3.8, 4) is 6.07 Å². The molecule has 0 amide bonds. The number of thiophene rings is 1. The lowest BCUT2D eigenvalue weighted by Crippen LogP contribution is -2.38. The number of nitriles is 1. The molecule has 1 aliphatic heterocycles. The lowest BCUT2D eigenvalue weighted by molar-refractivity contribution is 0.0603. The number of aliphatic hydroxyl groups excluding tert-OH is 1. The molecule has 4 heteroatoms. The summed E-state index contributed by atoms with van der Waals surface area (Å²) >= 11 is 1.65. The molecule has 3 nitrogen and oxygen atoms in total. The zero-order valence-electron chi connectivity index (χ0n) is 10.1. The van der Waals surface area contributed by atoms with E-state index in [9.17, 15) is 5.11 Å². The summed E-state index contributed by atoms with van der Waals surface area (Å²) in [7, 11) is 0. The maximum atomic E-state index is 9.64. The van der Waals surface area contributed by atoms with E-state index in [4.69, 9.17) is 5.26 Å². The number of nitrogens with zero attached hydrogens (tertiary/aromatic N) is 2. The Bertz CT molecular complexity index is 408. The average Bonchev–Trinajstić information content (AvgIpc) is 2.77. The fourth-order valence-corrected chi connectivity index (χ4v) is 3.22. The topological polar surface area (TPSA) is 47.3 Å². The molecule has 0 aromatic carbocycles. The summed E-state index contributed by atoms with van der Waals surface area (Å²) < 4.78 is 0. The van der Waals surface area contributed by atoms with E-state index >= 15 is 0 Å². The van der Waals surface area contributed by atoms with Crippen molar-refractivity contribution in [1.82, 2.24) is 4.90 Å². The number of piperidine rings is 1. The normalized spacial score (nSPS) is 23.2. The van der Waals surface area contributed by atoms with Gasteiger partial charge in [-0.25, -0.2) is 0 Å². The highest BCUT2D eigenvalue weighted by atomic mass is 32.1.